The van der Waals surface area contributed by atoms with Crippen LogP contribution >= 0.6 is 0 Å². The normalized spacial score (nSPS) is 15.6. The van der Waals surface area contributed by atoms with Gasteiger partial charge in [0.15, 0.2) is 0 Å². The highest BCUT2D eigenvalue weighted by Crippen LogP contribution is 2.28. The van der Waals surface area contributed by atoms with Crippen LogP contribution in [0.1, 0.15) is 31.4 Å². The molecule has 0 aliphatic heterocycles. The minimum Gasteiger partial charge on any atom is -0.396 e. The third-order valence-electron chi connectivity index (χ3n) is 3.01. The van der Waals surface area contributed by atoms with Crippen molar-refractivity contribution in [2.75, 3.05) is 13.2 Å². The van der Waals surface area contributed by atoms with E-state index >= 15 is 0 Å². The summed E-state index contributed by atoms with van der Waals surface area (Å²) in [6, 6.07) is 6.85. The summed E-state index contributed by atoms with van der Waals surface area (Å²) in [5.74, 6) is 0. The Hall–Kier alpha value is -0.930. The molecule has 0 bridgehead atoms. The van der Waals surface area contributed by atoms with Crippen molar-refractivity contribution in [2.45, 2.75) is 38.3 Å². The van der Waals surface area contributed by atoms with Gasteiger partial charge in [0, 0.05) is 25.4 Å². The number of hydrogen-bond donors (Lipinski definition) is 1. The fourth-order valence-corrected chi connectivity index (χ4v) is 1.96. The van der Waals surface area contributed by atoms with E-state index in [1.54, 1.807) is 0 Å². The van der Waals surface area contributed by atoms with E-state index in [1.807, 2.05) is 18.3 Å². The van der Waals surface area contributed by atoms with Gasteiger partial charge in [-0.2, -0.15) is 0 Å². The second-order valence-corrected chi connectivity index (χ2v) is 4.45. The second kappa shape index (κ2) is 5.97. The van der Waals surface area contributed by atoms with Crippen LogP contribution in [0.5, 0.6) is 0 Å². The van der Waals surface area contributed by atoms with Gasteiger partial charge in [0.1, 0.15) is 0 Å². The number of hydrogen-bond acceptors (Lipinski definition) is 3. The van der Waals surface area contributed by atoms with Gasteiger partial charge in [0.2, 0.25) is 0 Å². The highest BCUT2D eigenvalue weighted by molar-refractivity contribution is 5.04. The van der Waals surface area contributed by atoms with Crippen LogP contribution in [0, 0.1) is 0 Å². The van der Waals surface area contributed by atoms with Crippen LogP contribution in [0.3, 0.4) is 0 Å². The first-order chi connectivity index (χ1) is 7.90. The van der Waals surface area contributed by atoms with Crippen molar-refractivity contribution in [3.8, 4) is 0 Å². The smallest absolute Gasteiger partial charge is 0.0544 e. The van der Waals surface area contributed by atoms with Gasteiger partial charge in [-0.3, -0.25) is 9.88 Å². The SMILES string of the molecule is OCCCCN(Cc1ccccn1)C1CC1. The minimum absolute atomic E-state index is 0.308. The summed E-state index contributed by atoms with van der Waals surface area (Å²) in [5.41, 5.74) is 1.15. The molecule has 1 aromatic rings. The molecule has 3 nitrogen and oxygen atoms in total. The van der Waals surface area contributed by atoms with Gasteiger partial charge in [-0.05, 0) is 44.4 Å². The van der Waals surface area contributed by atoms with E-state index in [0.717, 1.165) is 37.7 Å². The lowest BCUT2D eigenvalue weighted by molar-refractivity contribution is 0.227. The molecule has 0 radical (unpaired) electrons. The first-order valence-electron chi connectivity index (χ1n) is 6.15. The third kappa shape index (κ3) is 3.58. The number of aliphatic hydroxyl groups is 1. The number of aromatic nitrogens is 1. The molecule has 1 saturated carbocycles. The van der Waals surface area contributed by atoms with Crippen LogP contribution < -0.4 is 0 Å². The number of pyridine rings is 1. The zero-order valence-corrected chi connectivity index (χ0v) is 9.68. The molecular formula is C13H20N2O. The first-order valence-corrected chi connectivity index (χ1v) is 6.15. The monoisotopic (exact) mass is 220 g/mol. The van der Waals surface area contributed by atoms with E-state index in [-0.39, 0.29) is 0 Å². The van der Waals surface area contributed by atoms with Crippen molar-refractivity contribution in [3.63, 3.8) is 0 Å². The summed E-state index contributed by atoms with van der Waals surface area (Å²) in [4.78, 5) is 6.86. The first kappa shape index (κ1) is 11.6. The maximum Gasteiger partial charge on any atom is 0.0544 e. The lowest BCUT2D eigenvalue weighted by Gasteiger charge is -2.21. The molecule has 1 aliphatic carbocycles. The number of unbranched alkanes of at least 4 members (excludes halogenated alkanes) is 1. The summed E-state index contributed by atoms with van der Waals surface area (Å²) in [6.07, 6.45) is 6.50. The minimum atomic E-state index is 0.308. The average Bonchev–Trinajstić information content (AvgIpc) is 3.13. The number of aliphatic hydroxyl groups excluding tert-OH is 1. The summed E-state index contributed by atoms with van der Waals surface area (Å²) in [6.45, 7) is 2.35. The highest BCUT2D eigenvalue weighted by Gasteiger charge is 2.28. The Labute approximate surface area is 97.1 Å². The van der Waals surface area contributed by atoms with Gasteiger partial charge in [-0.1, -0.05) is 6.07 Å². The molecule has 1 N–H and O–H groups in total. The van der Waals surface area contributed by atoms with Crippen LogP contribution in [-0.4, -0.2) is 34.2 Å². The summed E-state index contributed by atoms with van der Waals surface area (Å²) in [5, 5.41) is 8.79. The molecule has 1 aromatic heterocycles. The van der Waals surface area contributed by atoms with E-state index in [1.165, 1.54) is 12.8 Å². The molecule has 0 saturated heterocycles. The topological polar surface area (TPSA) is 36.4 Å². The molecule has 0 aromatic carbocycles. The molecule has 0 amide bonds. The predicted molar refractivity (Wildman–Crippen MR) is 64.0 cm³/mol. The standard InChI is InChI=1S/C13H20N2O/c16-10-4-3-9-15(13-6-7-13)11-12-5-1-2-8-14-12/h1-2,5,8,13,16H,3-4,6-7,9-11H2. The van der Waals surface area contributed by atoms with E-state index < -0.39 is 0 Å². The Morgan fingerprint density at radius 2 is 2.19 bits per heavy atom. The lowest BCUT2D eigenvalue weighted by atomic mass is 10.2. The van der Waals surface area contributed by atoms with Crippen molar-refractivity contribution in [1.29, 1.82) is 0 Å². The highest BCUT2D eigenvalue weighted by atomic mass is 16.2. The summed E-state index contributed by atoms with van der Waals surface area (Å²) in [7, 11) is 0. The number of nitrogens with zero attached hydrogens (tertiary/aromatic N) is 2. The van der Waals surface area contributed by atoms with Gasteiger partial charge in [-0.25, -0.2) is 0 Å². The molecule has 0 spiro atoms. The average molecular weight is 220 g/mol. The van der Waals surface area contributed by atoms with Crippen molar-refractivity contribution in [1.82, 2.24) is 9.88 Å². The maximum absolute atomic E-state index is 8.79. The van der Waals surface area contributed by atoms with Crippen LogP contribution in [0.25, 0.3) is 0 Å². The lowest BCUT2D eigenvalue weighted by Crippen LogP contribution is -2.27. The molecule has 1 aliphatic rings. The van der Waals surface area contributed by atoms with Crippen molar-refractivity contribution in [2.24, 2.45) is 0 Å². The molecule has 1 heterocycles. The second-order valence-electron chi connectivity index (χ2n) is 4.45. The fraction of sp³-hybridized carbons (Fsp3) is 0.615. The van der Waals surface area contributed by atoms with Gasteiger partial charge < -0.3 is 5.11 Å². The molecule has 16 heavy (non-hydrogen) atoms. The van der Waals surface area contributed by atoms with Crippen LogP contribution in [0.15, 0.2) is 24.4 Å². The zero-order chi connectivity index (χ0) is 11.2. The molecule has 0 unspecified atom stereocenters. The Kier molecular flexibility index (Phi) is 4.31. The quantitative estimate of drug-likeness (QED) is 0.712. The molecule has 2 rings (SSSR count). The van der Waals surface area contributed by atoms with Gasteiger partial charge >= 0.3 is 0 Å². The molecule has 1 fully saturated rings. The van der Waals surface area contributed by atoms with E-state index in [9.17, 15) is 0 Å². The van der Waals surface area contributed by atoms with Crippen molar-refractivity contribution in [3.05, 3.63) is 30.1 Å². The van der Waals surface area contributed by atoms with Crippen LogP contribution in [0.4, 0.5) is 0 Å². The molecule has 3 heteroatoms. The largest absolute Gasteiger partial charge is 0.396 e. The Bertz CT molecular complexity index is 298. The Balaban J connectivity index is 1.83. The Morgan fingerprint density at radius 3 is 2.81 bits per heavy atom. The molecule has 88 valence electrons. The Morgan fingerprint density at radius 1 is 1.31 bits per heavy atom. The van der Waals surface area contributed by atoms with Crippen molar-refractivity contribution >= 4 is 0 Å². The van der Waals surface area contributed by atoms with E-state index in [0.29, 0.717) is 6.61 Å². The summed E-state index contributed by atoms with van der Waals surface area (Å²) < 4.78 is 0. The van der Waals surface area contributed by atoms with Gasteiger partial charge in [0.25, 0.3) is 0 Å². The maximum atomic E-state index is 8.79. The van der Waals surface area contributed by atoms with Crippen LogP contribution in [0.2, 0.25) is 0 Å². The zero-order valence-electron chi connectivity index (χ0n) is 9.68. The third-order valence-corrected chi connectivity index (χ3v) is 3.01. The van der Waals surface area contributed by atoms with Gasteiger partial charge in [0.05, 0.1) is 5.69 Å². The molecule has 0 atom stereocenters. The fourth-order valence-electron chi connectivity index (χ4n) is 1.96. The number of rotatable bonds is 7. The van der Waals surface area contributed by atoms with Gasteiger partial charge in [-0.15, -0.1) is 0 Å². The molecular weight excluding hydrogens is 200 g/mol. The van der Waals surface area contributed by atoms with Crippen LogP contribution in [-0.2, 0) is 6.54 Å². The van der Waals surface area contributed by atoms with Crippen molar-refractivity contribution < 1.29 is 5.11 Å². The van der Waals surface area contributed by atoms with E-state index in [2.05, 4.69) is 16.0 Å². The van der Waals surface area contributed by atoms with E-state index in [4.69, 9.17) is 5.11 Å². The summed E-state index contributed by atoms with van der Waals surface area (Å²) >= 11 is 0. The predicted octanol–water partition coefficient (Wildman–Crippen LogP) is 1.82.